The molecule has 2 nitrogen and oxygen atoms in total. The highest BCUT2D eigenvalue weighted by Crippen LogP contribution is 2.59. The minimum Gasteiger partial charge on any atom is -0.502 e. The van der Waals surface area contributed by atoms with E-state index < -0.39 is 0 Å². The Morgan fingerprint density at radius 1 is 1.31 bits per heavy atom. The summed E-state index contributed by atoms with van der Waals surface area (Å²) in [6.45, 7) is 4.22. The van der Waals surface area contributed by atoms with Crippen LogP contribution in [0, 0.1) is 23.2 Å². The molecule has 0 heterocycles. The highest BCUT2D eigenvalue weighted by molar-refractivity contribution is 5.89. The van der Waals surface area contributed by atoms with E-state index in [1.807, 2.05) is 0 Å². The van der Waals surface area contributed by atoms with Gasteiger partial charge in [-0.1, -0.05) is 6.58 Å². The van der Waals surface area contributed by atoms with E-state index in [1.165, 1.54) is 25.5 Å². The van der Waals surface area contributed by atoms with Crippen molar-refractivity contribution in [2.75, 3.05) is 6.61 Å². The predicted octanol–water partition coefficient (Wildman–Crippen LogP) is 2.93. The molecule has 0 aromatic rings. The molecule has 4 aliphatic rings. The number of rotatable bonds is 4. The fourth-order valence-corrected chi connectivity index (χ4v) is 4.60. The van der Waals surface area contributed by atoms with E-state index >= 15 is 0 Å². The molecule has 0 spiro atoms. The molecule has 4 rings (SSSR count). The number of hydrogen-bond donors (Lipinski definition) is 0. The van der Waals surface area contributed by atoms with E-state index in [2.05, 4.69) is 6.58 Å². The lowest BCUT2D eigenvalue weighted by Gasteiger charge is -2.55. The van der Waals surface area contributed by atoms with Crippen LogP contribution in [-0.2, 0) is 9.53 Å². The summed E-state index contributed by atoms with van der Waals surface area (Å²) in [5.74, 6) is 2.63. The van der Waals surface area contributed by atoms with E-state index in [9.17, 15) is 4.79 Å². The van der Waals surface area contributed by atoms with Gasteiger partial charge in [-0.25, -0.2) is 0 Å². The molecule has 0 aromatic heterocycles. The molecule has 16 heavy (non-hydrogen) atoms. The van der Waals surface area contributed by atoms with Crippen molar-refractivity contribution in [1.29, 1.82) is 0 Å². The lowest BCUT2D eigenvalue weighted by Crippen LogP contribution is -2.53. The van der Waals surface area contributed by atoms with Gasteiger partial charge < -0.3 is 4.74 Å². The smallest absolute Gasteiger partial charge is 0.142 e. The Hall–Kier alpha value is -0.790. The van der Waals surface area contributed by atoms with E-state index in [-0.39, 0.29) is 5.41 Å². The maximum atomic E-state index is 12.4. The number of ketones is 1. The van der Waals surface area contributed by atoms with Crippen molar-refractivity contribution in [3.05, 3.63) is 12.8 Å². The molecular weight excluding hydrogens is 200 g/mol. The monoisotopic (exact) mass is 220 g/mol. The second-order valence-electron chi connectivity index (χ2n) is 5.98. The molecule has 0 saturated heterocycles. The highest BCUT2D eigenvalue weighted by Gasteiger charge is 2.56. The van der Waals surface area contributed by atoms with Gasteiger partial charge in [0.2, 0.25) is 0 Å². The molecule has 2 heteroatoms. The third-order valence-corrected chi connectivity index (χ3v) is 4.97. The van der Waals surface area contributed by atoms with E-state index in [0.29, 0.717) is 18.3 Å². The quantitative estimate of drug-likeness (QED) is 0.538. The van der Waals surface area contributed by atoms with Crippen LogP contribution in [0.5, 0.6) is 0 Å². The summed E-state index contributed by atoms with van der Waals surface area (Å²) in [5.41, 5.74) is -0.00222. The summed E-state index contributed by atoms with van der Waals surface area (Å²) < 4.78 is 5.23. The van der Waals surface area contributed by atoms with Gasteiger partial charge in [-0.15, -0.1) is 0 Å². The van der Waals surface area contributed by atoms with Gasteiger partial charge >= 0.3 is 0 Å². The molecule has 2 atom stereocenters. The average molecular weight is 220 g/mol. The second kappa shape index (κ2) is 3.61. The number of carbonyl (C=O) groups excluding carboxylic acids is 1. The Labute approximate surface area is 97.1 Å². The van der Waals surface area contributed by atoms with Crippen molar-refractivity contribution in [3.63, 3.8) is 0 Å². The fourth-order valence-electron chi connectivity index (χ4n) is 4.60. The third kappa shape index (κ3) is 1.42. The van der Waals surface area contributed by atoms with Crippen molar-refractivity contribution in [1.82, 2.24) is 0 Å². The van der Waals surface area contributed by atoms with Crippen LogP contribution < -0.4 is 0 Å². The van der Waals surface area contributed by atoms with Crippen molar-refractivity contribution >= 4 is 5.78 Å². The molecule has 4 aliphatic carbocycles. The Balaban J connectivity index is 1.77. The summed E-state index contributed by atoms with van der Waals surface area (Å²) in [4.78, 5) is 12.4. The fraction of sp³-hybridized carbons (Fsp3) is 0.786. The Bertz CT molecular complexity index is 307. The molecule has 4 fully saturated rings. The van der Waals surface area contributed by atoms with Crippen molar-refractivity contribution < 1.29 is 9.53 Å². The third-order valence-electron chi connectivity index (χ3n) is 4.97. The summed E-state index contributed by atoms with van der Waals surface area (Å²) in [7, 11) is 0. The Morgan fingerprint density at radius 3 is 2.62 bits per heavy atom. The number of carbonyl (C=O) groups is 1. The number of Topliss-reactive ketones (excluding diaryl/α,β-unsaturated/α-hetero) is 1. The normalized spacial score (nSPS) is 44.8. The zero-order chi connectivity index (χ0) is 11.2. The van der Waals surface area contributed by atoms with Crippen molar-refractivity contribution in [2.24, 2.45) is 23.2 Å². The first kappa shape index (κ1) is 10.4. The van der Waals surface area contributed by atoms with Gasteiger partial charge in [-0.3, -0.25) is 4.79 Å². The number of ether oxygens (including phenoxy) is 1. The van der Waals surface area contributed by atoms with E-state index in [4.69, 9.17) is 4.74 Å². The molecule has 0 amide bonds. The lowest BCUT2D eigenvalue weighted by atomic mass is 9.48. The molecule has 0 N–H and O–H groups in total. The van der Waals surface area contributed by atoms with Gasteiger partial charge in [0, 0.05) is 11.3 Å². The summed E-state index contributed by atoms with van der Waals surface area (Å²) in [6.07, 6.45) is 8.43. The first-order valence-corrected chi connectivity index (χ1v) is 6.50. The van der Waals surface area contributed by atoms with Gasteiger partial charge in [-0.2, -0.15) is 0 Å². The van der Waals surface area contributed by atoms with Crippen LogP contribution in [0.3, 0.4) is 0 Å². The van der Waals surface area contributed by atoms with Gasteiger partial charge in [0.25, 0.3) is 0 Å². The molecule has 0 aliphatic heterocycles. The molecule has 0 aromatic carbocycles. The zero-order valence-corrected chi connectivity index (χ0v) is 9.78. The average Bonchev–Trinajstić information content (AvgIpc) is 2.25. The minimum atomic E-state index is -0.00222. The Morgan fingerprint density at radius 2 is 2.00 bits per heavy atom. The molecule has 4 saturated carbocycles. The van der Waals surface area contributed by atoms with Crippen LogP contribution in [0.1, 0.15) is 38.5 Å². The minimum absolute atomic E-state index is 0.00222. The molecular formula is C14H20O2. The number of hydrogen-bond acceptors (Lipinski definition) is 2. The van der Waals surface area contributed by atoms with Crippen LogP contribution in [0.2, 0.25) is 0 Å². The van der Waals surface area contributed by atoms with Gasteiger partial charge in [0.05, 0.1) is 12.9 Å². The van der Waals surface area contributed by atoms with E-state index in [1.54, 1.807) is 0 Å². The zero-order valence-electron chi connectivity index (χ0n) is 9.78. The molecule has 2 unspecified atom stereocenters. The first-order chi connectivity index (χ1) is 7.73. The van der Waals surface area contributed by atoms with Crippen molar-refractivity contribution in [2.45, 2.75) is 38.5 Å². The predicted molar refractivity (Wildman–Crippen MR) is 61.8 cm³/mol. The molecule has 88 valence electrons. The Kier molecular flexibility index (Phi) is 2.34. The van der Waals surface area contributed by atoms with Gasteiger partial charge in [-0.05, 0) is 50.4 Å². The standard InChI is InChI=1S/C14H20O2/c1-2-16-4-3-14-8-10-5-11(9-14)7-12(6-10)13(14)15/h2,10-12H,1,3-9H2. The first-order valence-electron chi connectivity index (χ1n) is 6.50. The summed E-state index contributed by atoms with van der Waals surface area (Å²) in [5, 5.41) is 0. The van der Waals surface area contributed by atoms with Crippen LogP contribution in [0.15, 0.2) is 12.8 Å². The SMILES string of the molecule is C=COCCC12CC3CC(CC(C3)C1=O)C2. The maximum Gasteiger partial charge on any atom is 0.142 e. The topological polar surface area (TPSA) is 26.3 Å². The lowest BCUT2D eigenvalue weighted by molar-refractivity contribution is -0.154. The van der Waals surface area contributed by atoms with Crippen LogP contribution >= 0.6 is 0 Å². The van der Waals surface area contributed by atoms with E-state index in [0.717, 1.165) is 31.1 Å². The largest absolute Gasteiger partial charge is 0.502 e. The molecule has 0 radical (unpaired) electrons. The highest BCUT2D eigenvalue weighted by atomic mass is 16.5. The molecule has 4 bridgehead atoms. The summed E-state index contributed by atoms with van der Waals surface area (Å²) >= 11 is 0. The van der Waals surface area contributed by atoms with Crippen LogP contribution in [0.4, 0.5) is 0 Å². The second-order valence-corrected chi connectivity index (χ2v) is 5.98. The van der Waals surface area contributed by atoms with Crippen LogP contribution in [-0.4, -0.2) is 12.4 Å². The van der Waals surface area contributed by atoms with Crippen LogP contribution in [0.25, 0.3) is 0 Å². The van der Waals surface area contributed by atoms with Gasteiger partial charge in [0.15, 0.2) is 0 Å². The van der Waals surface area contributed by atoms with Crippen molar-refractivity contribution in [3.8, 4) is 0 Å². The maximum absolute atomic E-state index is 12.4. The summed E-state index contributed by atoms with van der Waals surface area (Å²) in [6, 6.07) is 0. The van der Waals surface area contributed by atoms with Gasteiger partial charge in [0.1, 0.15) is 5.78 Å².